The molecule has 2 heterocycles. The van der Waals surface area contributed by atoms with Crippen molar-refractivity contribution >= 4 is 38.3 Å². The molecule has 2 N–H and O–H groups in total. The molecule has 0 saturated carbocycles. The molecular weight excluding hydrogens is 366 g/mol. The molecule has 1 atom stereocenters. The van der Waals surface area contributed by atoms with Gasteiger partial charge in [0, 0.05) is 39.2 Å². The minimum absolute atomic E-state index is 0.0509. The Bertz CT molecular complexity index is 1030. The zero-order valence-electron chi connectivity index (χ0n) is 12.8. The monoisotopic (exact) mass is 379 g/mol. The predicted octanol–water partition coefficient (Wildman–Crippen LogP) is 4.50. The lowest BCUT2D eigenvalue weighted by Gasteiger charge is -2.29. The van der Waals surface area contributed by atoms with Crippen LogP contribution < -0.4 is 5.32 Å². The van der Waals surface area contributed by atoms with Crippen molar-refractivity contribution in [2.24, 2.45) is 0 Å². The van der Waals surface area contributed by atoms with Crippen LogP contribution in [0.4, 0.5) is 5.69 Å². The maximum atomic E-state index is 12.6. The number of hydrogen-bond acceptors (Lipinski definition) is 3. The lowest BCUT2D eigenvalue weighted by atomic mass is 9.79. The number of nitrogens with zero attached hydrogens (tertiary/aromatic N) is 1. The molecule has 0 saturated heterocycles. The van der Waals surface area contributed by atoms with Crippen LogP contribution >= 0.6 is 15.9 Å². The average molecular weight is 380 g/mol. The number of aromatic amines is 1. The number of H-pyrrole nitrogens is 1. The van der Waals surface area contributed by atoms with E-state index in [9.17, 15) is 4.79 Å². The van der Waals surface area contributed by atoms with Crippen LogP contribution in [-0.2, 0) is 4.79 Å². The Morgan fingerprint density at radius 2 is 2.08 bits per heavy atom. The van der Waals surface area contributed by atoms with Crippen LogP contribution in [0.2, 0.25) is 0 Å². The molecule has 0 amide bonds. The van der Waals surface area contributed by atoms with Crippen molar-refractivity contribution in [2.45, 2.75) is 18.8 Å². The fourth-order valence-electron chi connectivity index (χ4n) is 3.93. The van der Waals surface area contributed by atoms with Crippen LogP contribution in [0.1, 0.15) is 29.9 Å². The summed E-state index contributed by atoms with van der Waals surface area (Å²) < 4.78 is 1.02. The standard InChI is InChI=1S/C19H14BrN3O/c20-11-3-1-2-10(8-11)17-18-12-9-21-23-13(12)4-5-14(18)22-15-6-7-16(24)19(15)17/h1-5,8-9,17,22H,6-7H2,(H,21,23). The second kappa shape index (κ2) is 5.05. The SMILES string of the molecule is O=C1CCC2=C1C(c1cccc(Br)c1)c1c(ccc3[nH]ncc13)N2. The van der Waals surface area contributed by atoms with Gasteiger partial charge in [-0.15, -0.1) is 0 Å². The molecule has 0 spiro atoms. The van der Waals surface area contributed by atoms with Gasteiger partial charge in [-0.1, -0.05) is 28.1 Å². The first-order valence-electron chi connectivity index (χ1n) is 7.97. The Hall–Kier alpha value is -2.40. The summed E-state index contributed by atoms with van der Waals surface area (Å²) in [5, 5.41) is 11.8. The van der Waals surface area contributed by atoms with Gasteiger partial charge in [-0.2, -0.15) is 5.10 Å². The molecule has 24 heavy (non-hydrogen) atoms. The highest BCUT2D eigenvalue weighted by Gasteiger charge is 2.37. The molecular formula is C19H14BrN3O. The number of nitrogens with one attached hydrogen (secondary N) is 2. The van der Waals surface area contributed by atoms with Crippen molar-refractivity contribution < 1.29 is 4.79 Å². The molecule has 1 aromatic heterocycles. The van der Waals surface area contributed by atoms with Crippen molar-refractivity contribution in [1.82, 2.24) is 10.2 Å². The van der Waals surface area contributed by atoms with Crippen molar-refractivity contribution in [3.05, 3.63) is 69.5 Å². The summed E-state index contributed by atoms with van der Waals surface area (Å²) in [6, 6.07) is 12.3. The molecule has 5 rings (SSSR count). The molecule has 5 heteroatoms. The molecule has 1 aliphatic heterocycles. The largest absolute Gasteiger partial charge is 0.358 e. The van der Waals surface area contributed by atoms with Gasteiger partial charge in [-0.3, -0.25) is 9.89 Å². The highest BCUT2D eigenvalue weighted by atomic mass is 79.9. The summed E-state index contributed by atoms with van der Waals surface area (Å²) in [5.41, 5.74) is 6.30. The van der Waals surface area contributed by atoms with Crippen molar-refractivity contribution in [1.29, 1.82) is 0 Å². The number of ketones is 1. The lowest BCUT2D eigenvalue weighted by molar-refractivity contribution is -0.115. The number of Topliss-reactive ketones (excluding diaryl/α,β-unsaturated/α-hetero) is 1. The average Bonchev–Trinajstić information content (AvgIpc) is 3.20. The third-order valence-corrected chi connectivity index (χ3v) is 5.43. The molecule has 1 aliphatic carbocycles. The molecule has 3 aromatic rings. The summed E-state index contributed by atoms with van der Waals surface area (Å²) in [4.78, 5) is 12.6. The van der Waals surface area contributed by atoms with Gasteiger partial charge in [-0.25, -0.2) is 0 Å². The number of fused-ring (bicyclic) bond motifs is 3. The number of allylic oxidation sites excluding steroid dienone is 2. The zero-order chi connectivity index (χ0) is 16.3. The van der Waals surface area contributed by atoms with E-state index in [1.54, 1.807) is 0 Å². The van der Waals surface area contributed by atoms with Crippen molar-refractivity contribution in [2.75, 3.05) is 5.32 Å². The second-order valence-electron chi connectivity index (χ2n) is 6.29. The molecule has 0 fully saturated rings. The van der Waals surface area contributed by atoms with Gasteiger partial charge < -0.3 is 5.32 Å². The van der Waals surface area contributed by atoms with Crippen molar-refractivity contribution in [3.63, 3.8) is 0 Å². The first-order chi connectivity index (χ1) is 11.7. The molecule has 118 valence electrons. The van der Waals surface area contributed by atoms with Gasteiger partial charge in [0.15, 0.2) is 5.78 Å². The minimum Gasteiger partial charge on any atom is -0.358 e. The lowest BCUT2D eigenvalue weighted by Crippen LogP contribution is -2.19. The Morgan fingerprint density at radius 1 is 1.17 bits per heavy atom. The van der Waals surface area contributed by atoms with Gasteiger partial charge in [0.1, 0.15) is 0 Å². The molecule has 4 nitrogen and oxygen atoms in total. The number of carbonyl (C=O) groups excluding carboxylic acids is 1. The predicted molar refractivity (Wildman–Crippen MR) is 97.0 cm³/mol. The van der Waals surface area contributed by atoms with Crippen LogP contribution in [0, 0.1) is 0 Å². The maximum absolute atomic E-state index is 12.6. The summed E-state index contributed by atoms with van der Waals surface area (Å²) in [5.74, 6) is 0.193. The number of carbonyl (C=O) groups is 1. The Morgan fingerprint density at radius 3 is 2.96 bits per heavy atom. The summed E-state index contributed by atoms with van der Waals surface area (Å²) >= 11 is 3.56. The van der Waals surface area contributed by atoms with Crippen LogP contribution in [0.5, 0.6) is 0 Å². The molecule has 2 aliphatic rings. The highest BCUT2D eigenvalue weighted by molar-refractivity contribution is 9.10. The van der Waals surface area contributed by atoms with E-state index in [4.69, 9.17) is 0 Å². The van der Waals surface area contributed by atoms with Gasteiger partial charge in [0.2, 0.25) is 0 Å². The maximum Gasteiger partial charge on any atom is 0.161 e. The van der Waals surface area contributed by atoms with Gasteiger partial charge in [0.25, 0.3) is 0 Å². The van der Waals surface area contributed by atoms with E-state index in [0.717, 1.165) is 49.9 Å². The molecule has 2 aromatic carbocycles. The van der Waals surface area contributed by atoms with E-state index < -0.39 is 0 Å². The van der Waals surface area contributed by atoms with Crippen LogP contribution in [0.15, 0.2) is 58.3 Å². The fourth-order valence-corrected chi connectivity index (χ4v) is 4.34. The molecule has 1 unspecified atom stereocenters. The van der Waals surface area contributed by atoms with Crippen molar-refractivity contribution in [3.8, 4) is 0 Å². The first-order valence-corrected chi connectivity index (χ1v) is 8.76. The normalized spacial score (nSPS) is 19.4. The van der Waals surface area contributed by atoms with Crippen LogP contribution in [0.25, 0.3) is 10.9 Å². The van der Waals surface area contributed by atoms with Crippen LogP contribution in [0.3, 0.4) is 0 Å². The van der Waals surface area contributed by atoms with Gasteiger partial charge in [0.05, 0.1) is 11.7 Å². The van der Waals surface area contributed by atoms with E-state index in [-0.39, 0.29) is 11.7 Å². The summed E-state index contributed by atoms with van der Waals surface area (Å²) in [6.07, 6.45) is 3.23. The number of rotatable bonds is 1. The van der Waals surface area contributed by atoms with E-state index in [0.29, 0.717) is 6.42 Å². The second-order valence-corrected chi connectivity index (χ2v) is 7.20. The smallest absolute Gasteiger partial charge is 0.161 e. The third-order valence-electron chi connectivity index (χ3n) is 4.94. The summed E-state index contributed by atoms with van der Waals surface area (Å²) in [6.45, 7) is 0. The number of aromatic nitrogens is 2. The van der Waals surface area contributed by atoms with E-state index in [2.05, 4.69) is 49.6 Å². The Kier molecular flexibility index (Phi) is 2.94. The first kappa shape index (κ1) is 14.0. The number of benzene rings is 2. The Balaban J connectivity index is 1.84. The minimum atomic E-state index is -0.0509. The quantitative estimate of drug-likeness (QED) is 0.654. The van der Waals surface area contributed by atoms with E-state index >= 15 is 0 Å². The Labute approximate surface area is 147 Å². The molecule has 0 radical (unpaired) electrons. The van der Waals surface area contributed by atoms with E-state index in [1.807, 2.05) is 24.4 Å². The van der Waals surface area contributed by atoms with Gasteiger partial charge >= 0.3 is 0 Å². The van der Waals surface area contributed by atoms with E-state index in [1.165, 1.54) is 0 Å². The fraction of sp³-hybridized carbons (Fsp3) is 0.158. The number of halogens is 1. The molecule has 0 bridgehead atoms. The van der Waals surface area contributed by atoms with Crippen LogP contribution in [-0.4, -0.2) is 16.0 Å². The topological polar surface area (TPSA) is 57.8 Å². The highest BCUT2D eigenvalue weighted by Crippen LogP contribution is 2.48. The number of anilines is 1. The van der Waals surface area contributed by atoms with Gasteiger partial charge in [-0.05, 0) is 41.8 Å². The zero-order valence-corrected chi connectivity index (χ0v) is 14.4. The summed E-state index contributed by atoms with van der Waals surface area (Å²) in [7, 11) is 0. The number of hydrogen-bond donors (Lipinski definition) is 2. The third kappa shape index (κ3) is 1.91.